The Balaban J connectivity index is 2.23. The number of halogens is 1. The van der Waals surface area contributed by atoms with Crippen molar-refractivity contribution in [2.45, 2.75) is 5.92 Å². The van der Waals surface area contributed by atoms with Gasteiger partial charge in [-0.05, 0) is 17.7 Å². The quantitative estimate of drug-likeness (QED) is 0.672. The maximum atomic E-state index is 11.1. The minimum atomic E-state index is -0.559. The molecule has 0 aliphatic carbocycles. The molecule has 3 rings (SSSR count). The zero-order chi connectivity index (χ0) is 16.6. The number of nitriles is 1. The summed E-state index contributed by atoms with van der Waals surface area (Å²) in [6.45, 7) is 0. The van der Waals surface area contributed by atoms with Gasteiger partial charge in [-0.2, -0.15) is 5.26 Å². The van der Waals surface area contributed by atoms with E-state index in [-0.39, 0.29) is 22.2 Å². The van der Waals surface area contributed by atoms with Crippen LogP contribution in [0.15, 0.2) is 53.9 Å². The lowest BCUT2D eigenvalue weighted by Gasteiger charge is -2.26. The number of nitrogens with zero attached hydrogens (tertiary/aromatic N) is 2. The van der Waals surface area contributed by atoms with E-state index in [9.17, 15) is 15.4 Å². The van der Waals surface area contributed by atoms with Crippen molar-refractivity contribution >= 4 is 17.3 Å². The third-order valence-corrected chi connectivity index (χ3v) is 3.94. The Morgan fingerprint density at radius 1 is 1.30 bits per heavy atom. The summed E-state index contributed by atoms with van der Waals surface area (Å²) in [7, 11) is 0. The first kappa shape index (κ1) is 14.9. The second-order valence-corrected chi connectivity index (χ2v) is 5.34. The molecule has 114 valence electrons. The molecule has 0 radical (unpaired) electrons. The van der Waals surface area contributed by atoms with Crippen molar-refractivity contribution in [1.29, 1.82) is 5.26 Å². The fourth-order valence-corrected chi connectivity index (χ4v) is 2.78. The summed E-state index contributed by atoms with van der Waals surface area (Å²) < 4.78 is 5.46. The monoisotopic (exact) mass is 327 g/mol. The molecule has 1 heterocycles. The molecule has 0 saturated heterocycles. The van der Waals surface area contributed by atoms with Crippen LogP contribution in [0.3, 0.4) is 0 Å². The van der Waals surface area contributed by atoms with Gasteiger partial charge in [0, 0.05) is 11.6 Å². The van der Waals surface area contributed by atoms with Gasteiger partial charge in [0.25, 0.3) is 5.69 Å². The van der Waals surface area contributed by atoms with Crippen LogP contribution in [0.2, 0.25) is 5.02 Å². The van der Waals surface area contributed by atoms with Crippen LogP contribution < -0.4 is 10.5 Å². The summed E-state index contributed by atoms with van der Waals surface area (Å²) in [6.07, 6.45) is 0. The number of fused-ring (bicyclic) bond motifs is 1. The summed E-state index contributed by atoms with van der Waals surface area (Å²) >= 11 is 5.86. The van der Waals surface area contributed by atoms with Gasteiger partial charge in [0.1, 0.15) is 22.4 Å². The summed E-state index contributed by atoms with van der Waals surface area (Å²) in [4.78, 5) is 10.6. The molecular weight excluding hydrogens is 318 g/mol. The molecular formula is C16H10ClN3O3. The Kier molecular flexibility index (Phi) is 3.64. The van der Waals surface area contributed by atoms with Crippen LogP contribution in [0, 0.1) is 21.4 Å². The van der Waals surface area contributed by atoms with Crippen molar-refractivity contribution in [2.75, 3.05) is 0 Å². The smallest absolute Gasteiger partial charge is 0.288 e. The van der Waals surface area contributed by atoms with Gasteiger partial charge in [0.2, 0.25) is 5.88 Å². The highest BCUT2D eigenvalue weighted by molar-refractivity contribution is 6.32. The number of nitro benzene ring substituents is 1. The van der Waals surface area contributed by atoms with E-state index < -0.39 is 10.8 Å². The van der Waals surface area contributed by atoms with Crippen LogP contribution in [0.25, 0.3) is 0 Å². The van der Waals surface area contributed by atoms with Crippen LogP contribution in [0.5, 0.6) is 5.75 Å². The summed E-state index contributed by atoms with van der Waals surface area (Å²) in [5.41, 5.74) is 7.09. The number of nitro groups is 1. The number of hydrogen-bond donors (Lipinski definition) is 1. The number of para-hydroxylation sites is 1. The zero-order valence-corrected chi connectivity index (χ0v) is 12.4. The molecule has 0 spiro atoms. The SMILES string of the molecule is N#CC1=C(N)Oc2ccccc2[C@@H]1c1ccc(Cl)c([N+](=O)[O-])c1. The molecule has 0 fully saturated rings. The van der Waals surface area contributed by atoms with Crippen LogP contribution in [0.1, 0.15) is 17.0 Å². The number of benzene rings is 2. The molecule has 2 aromatic rings. The van der Waals surface area contributed by atoms with Gasteiger partial charge in [0.05, 0.1) is 10.8 Å². The van der Waals surface area contributed by atoms with Crippen molar-refractivity contribution in [3.05, 3.63) is 80.2 Å². The lowest BCUT2D eigenvalue weighted by atomic mass is 9.83. The topological polar surface area (TPSA) is 102 Å². The Morgan fingerprint density at radius 2 is 2.04 bits per heavy atom. The standard InChI is InChI=1S/C16H10ClN3O3/c17-12-6-5-9(7-13(12)20(21)22)15-10-3-1-2-4-14(10)23-16(19)11(15)8-18/h1-7,15H,19H2/t15-/m0/s1. The Morgan fingerprint density at radius 3 is 2.74 bits per heavy atom. The van der Waals surface area contributed by atoms with Gasteiger partial charge in [-0.3, -0.25) is 10.1 Å². The highest BCUT2D eigenvalue weighted by Gasteiger charge is 2.31. The number of ether oxygens (including phenoxy) is 1. The van der Waals surface area contributed by atoms with E-state index in [0.717, 1.165) is 5.56 Å². The Hall–Kier alpha value is -3.04. The average Bonchev–Trinajstić information content (AvgIpc) is 2.54. The predicted octanol–water partition coefficient (Wildman–Crippen LogP) is 3.47. The second-order valence-electron chi connectivity index (χ2n) is 4.93. The van der Waals surface area contributed by atoms with Crippen LogP contribution in [-0.4, -0.2) is 4.92 Å². The Bertz CT molecular complexity index is 886. The molecule has 7 heteroatoms. The molecule has 1 aliphatic heterocycles. The van der Waals surface area contributed by atoms with E-state index in [2.05, 4.69) is 0 Å². The third kappa shape index (κ3) is 2.47. The van der Waals surface area contributed by atoms with Crippen LogP contribution >= 0.6 is 11.6 Å². The molecule has 0 saturated carbocycles. The van der Waals surface area contributed by atoms with Gasteiger partial charge in [0.15, 0.2) is 0 Å². The molecule has 2 N–H and O–H groups in total. The number of allylic oxidation sites excluding steroid dienone is 1. The van der Waals surface area contributed by atoms with E-state index in [1.807, 2.05) is 6.07 Å². The maximum Gasteiger partial charge on any atom is 0.288 e. The first-order valence-corrected chi connectivity index (χ1v) is 7.01. The van der Waals surface area contributed by atoms with Crippen LogP contribution in [0.4, 0.5) is 5.69 Å². The van der Waals surface area contributed by atoms with E-state index in [1.54, 1.807) is 30.3 Å². The van der Waals surface area contributed by atoms with E-state index in [4.69, 9.17) is 22.1 Å². The second kappa shape index (κ2) is 5.63. The zero-order valence-electron chi connectivity index (χ0n) is 11.7. The van der Waals surface area contributed by atoms with E-state index in [0.29, 0.717) is 11.3 Å². The van der Waals surface area contributed by atoms with Crippen LogP contribution in [-0.2, 0) is 0 Å². The minimum Gasteiger partial charge on any atom is -0.440 e. The molecule has 0 amide bonds. The number of rotatable bonds is 2. The molecule has 0 aromatic heterocycles. The molecule has 0 bridgehead atoms. The maximum absolute atomic E-state index is 11.1. The molecule has 6 nitrogen and oxygen atoms in total. The van der Waals surface area contributed by atoms with Gasteiger partial charge < -0.3 is 10.5 Å². The first-order chi connectivity index (χ1) is 11.0. The molecule has 0 unspecified atom stereocenters. The van der Waals surface area contributed by atoms with Gasteiger partial charge in [-0.15, -0.1) is 0 Å². The molecule has 23 heavy (non-hydrogen) atoms. The van der Waals surface area contributed by atoms with Gasteiger partial charge >= 0.3 is 0 Å². The van der Waals surface area contributed by atoms with Crippen molar-refractivity contribution in [1.82, 2.24) is 0 Å². The largest absolute Gasteiger partial charge is 0.440 e. The predicted molar refractivity (Wildman–Crippen MR) is 83.8 cm³/mol. The third-order valence-electron chi connectivity index (χ3n) is 3.62. The Labute approximate surface area is 136 Å². The normalized spacial score (nSPS) is 16.3. The van der Waals surface area contributed by atoms with Crippen molar-refractivity contribution in [2.24, 2.45) is 5.73 Å². The highest BCUT2D eigenvalue weighted by Crippen LogP contribution is 2.43. The van der Waals surface area contributed by atoms with Crippen molar-refractivity contribution in [3.8, 4) is 11.8 Å². The van der Waals surface area contributed by atoms with Gasteiger partial charge in [-0.1, -0.05) is 35.9 Å². The first-order valence-electron chi connectivity index (χ1n) is 6.63. The summed E-state index contributed by atoms with van der Waals surface area (Å²) in [5.74, 6) is -0.0266. The van der Waals surface area contributed by atoms with E-state index >= 15 is 0 Å². The summed E-state index contributed by atoms with van der Waals surface area (Å²) in [5, 5.41) is 20.6. The molecule has 1 aliphatic rings. The highest BCUT2D eigenvalue weighted by atomic mass is 35.5. The number of hydrogen-bond acceptors (Lipinski definition) is 5. The van der Waals surface area contributed by atoms with E-state index in [1.165, 1.54) is 12.1 Å². The number of nitrogens with two attached hydrogens (primary N) is 1. The molecule has 2 aromatic carbocycles. The lowest BCUT2D eigenvalue weighted by molar-refractivity contribution is -0.384. The summed E-state index contributed by atoms with van der Waals surface area (Å²) in [6, 6.07) is 13.6. The fourth-order valence-electron chi connectivity index (χ4n) is 2.60. The average molecular weight is 328 g/mol. The molecule has 1 atom stereocenters. The van der Waals surface area contributed by atoms with Crippen molar-refractivity contribution in [3.63, 3.8) is 0 Å². The minimum absolute atomic E-state index is 0.00574. The fraction of sp³-hybridized carbons (Fsp3) is 0.0625. The van der Waals surface area contributed by atoms with Crippen molar-refractivity contribution < 1.29 is 9.66 Å². The lowest BCUT2D eigenvalue weighted by Crippen LogP contribution is -2.21. The van der Waals surface area contributed by atoms with Gasteiger partial charge in [-0.25, -0.2) is 0 Å².